The fourth-order valence-corrected chi connectivity index (χ4v) is 3.47. The summed E-state index contributed by atoms with van der Waals surface area (Å²) in [4.78, 5) is 38.0. The van der Waals surface area contributed by atoms with Gasteiger partial charge in [-0.05, 0) is 23.8 Å². The van der Waals surface area contributed by atoms with E-state index in [0.29, 0.717) is 29.9 Å². The van der Waals surface area contributed by atoms with Crippen molar-refractivity contribution in [2.75, 3.05) is 6.61 Å². The van der Waals surface area contributed by atoms with Crippen LogP contribution in [0.5, 0.6) is 5.75 Å². The number of para-hydroxylation sites is 1. The van der Waals surface area contributed by atoms with E-state index in [4.69, 9.17) is 10.5 Å². The molecule has 4 rings (SSSR count). The van der Waals surface area contributed by atoms with Crippen LogP contribution in [0.3, 0.4) is 0 Å². The zero-order chi connectivity index (χ0) is 18.3. The maximum absolute atomic E-state index is 13.1. The third kappa shape index (κ3) is 2.40. The molecule has 26 heavy (non-hydrogen) atoms. The average Bonchev–Trinajstić information content (AvgIpc) is 2.87. The highest BCUT2D eigenvalue weighted by molar-refractivity contribution is 6.07. The second kappa shape index (κ2) is 5.87. The second-order valence-corrected chi connectivity index (χ2v) is 6.38. The van der Waals surface area contributed by atoms with E-state index in [1.54, 1.807) is 36.4 Å². The number of carbonyl (C=O) groups excluding carboxylic acids is 3. The average molecular weight is 351 g/mol. The fraction of sp³-hybridized carbons (Fsp3) is 0.211. The molecule has 2 aliphatic heterocycles. The van der Waals surface area contributed by atoms with Gasteiger partial charge in [0.15, 0.2) is 5.54 Å². The molecule has 7 nitrogen and oxygen atoms in total. The number of fused-ring (bicyclic) bond motifs is 2. The number of nitrogens with zero attached hydrogens (tertiary/aromatic N) is 1. The SMILES string of the molecule is NC(=O)c1ccc(CN2C(=O)N[C@]3(CCOc4ccccc43)C2=O)cc1. The van der Waals surface area contributed by atoms with Crippen LogP contribution in [0.2, 0.25) is 0 Å². The monoisotopic (exact) mass is 351 g/mol. The van der Waals surface area contributed by atoms with E-state index in [9.17, 15) is 14.4 Å². The third-order valence-corrected chi connectivity index (χ3v) is 4.84. The summed E-state index contributed by atoms with van der Waals surface area (Å²) in [6.07, 6.45) is 0.381. The van der Waals surface area contributed by atoms with Crippen LogP contribution in [0.25, 0.3) is 0 Å². The molecule has 4 amide bonds. The first-order valence-electron chi connectivity index (χ1n) is 8.26. The number of primary amides is 1. The molecular formula is C19H17N3O4. The number of amides is 4. The van der Waals surface area contributed by atoms with Crippen LogP contribution in [0, 0.1) is 0 Å². The van der Waals surface area contributed by atoms with E-state index in [1.165, 1.54) is 4.90 Å². The van der Waals surface area contributed by atoms with Gasteiger partial charge in [0, 0.05) is 17.5 Å². The highest BCUT2D eigenvalue weighted by atomic mass is 16.5. The molecule has 0 unspecified atom stereocenters. The first kappa shape index (κ1) is 16.1. The number of benzene rings is 2. The summed E-state index contributed by atoms with van der Waals surface area (Å²) < 4.78 is 5.62. The molecule has 132 valence electrons. The van der Waals surface area contributed by atoms with Gasteiger partial charge < -0.3 is 15.8 Å². The van der Waals surface area contributed by atoms with Crippen LogP contribution < -0.4 is 15.8 Å². The molecule has 2 aromatic carbocycles. The fourth-order valence-electron chi connectivity index (χ4n) is 3.47. The summed E-state index contributed by atoms with van der Waals surface area (Å²) in [6.45, 7) is 0.471. The summed E-state index contributed by atoms with van der Waals surface area (Å²) in [7, 11) is 0. The minimum absolute atomic E-state index is 0.120. The standard InChI is InChI=1S/C19H17N3O4/c20-16(23)13-7-5-12(6-8-13)11-22-17(24)19(21-18(22)25)9-10-26-15-4-2-1-3-14(15)19/h1-8H,9-11H2,(H2,20,23)(H,21,25)/t19-/m0/s1. The van der Waals surface area contributed by atoms with Crippen LogP contribution in [-0.2, 0) is 16.9 Å². The minimum atomic E-state index is -1.08. The van der Waals surface area contributed by atoms with Crippen molar-refractivity contribution in [1.82, 2.24) is 10.2 Å². The van der Waals surface area contributed by atoms with Gasteiger partial charge in [-0.25, -0.2) is 4.79 Å². The molecule has 1 spiro atoms. The largest absolute Gasteiger partial charge is 0.493 e. The van der Waals surface area contributed by atoms with Gasteiger partial charge in [0.1, 0.15) is 5.75 Å². The van der Waals surface area contributed by atoms with Crippen molar-refractivity contribution in [3.63, 3.8) is 0 Å². The molecule has 3 N–H and O–H groups in total. The maximum Gasteiger partial charge on any atom is 0.325 e. The third-order valence-electron chi connectivity index (χ3n) is 4.84. The molecule has 0 aliphatic carbocycles. The Hall–Kier alpha value is -3.35. The molecule has 1 saturated heterocycles. The Labute approximate surface area is 149 Å². The quantitative estimate of drug-likeness (QED) is 0.819. The topological polar surface area (TPSA) is 102 Å². The zero-order valence-electron chi connectivity index (χ0n) is 13.9. The summed E-state index contributed by atoms with van der Waals surface area (Å²) in [5, 5.41) is 2.86. The number of carbonyl (C=O) groups is 3. The molecular weight excluding hydrogens is 334 g/mol. The number of nitrogens with two attached hydrogens (primary N) is 1. The zero-order valence-corrected chi connectivity index (χ0v) is 13.9. The van der Waals surface area contributed by atoms with Gasteiger partial charge in [0.05, 0.1) is 13.2 Å². The van der Waals surface area contributed by atoms with Crippen molar-refractivity contribution in [1.29, 1.82) is 0 Å². The van der Waals surface area contributed by atoms with Crippen LogP contribution in [0.15, 0.2) is 48.5 Å². The molecule has 2 heterocycles. The minimum Gasteiger partial charge on any atom is -0.493 e. The molecule has 1 atom stereocenters. The van der Waals surface area contributed by atoms with E-state index in [0.717, 1.165) is 5.56 Å². The second-order valence-electron chi connectivity index (χ2n) is 6.38. The van der Waals surface area contributed by atoms with Gasteiger partial charge in [0.2, 0.25) is 5.91 Å². The molecule has 2 aromatic rings. The predicted octanol–water partition coefficient (Wildman–Crippen LogP) is 1.52. The Morgan fingerprint density at radius 2 is 1.88 bits per heavy atom. The van der Waals surface area contributed by atoms with Gasteiger partial charge in [-0.1, -0.05) is 30.3 Å². The molecule has 2 aliphatic rings. The van der Waals surface area contributed by atoms with Gasteiger partial charge in [-0.15, -0.1) is 0 Å². The number of urea groups is 1. The van der Waals surface area contributed by atoms with Gasteiger partial charge in [-0.2, -0.15) is 0 Å². The lowest BCUT2D eigenvalue weighted by Crippen LogP contribution is -2.47. The van der Waals surface area contributed by atoms with E-state index in [1.807, 2.05) is 12.1 Å². The van der Waals surface area contributed by atoms with E-state index >= 15 is 0 Å². The molecule has 0 bridgehead atoms. The Kier molecular flexibility index (Phi) is 3.64. The number of hydrogen-bond donors (Lipinski definition) is 2. The van der Waals surface area contributed by atoms with Crippen molar-refractivity contribution in [3.8, 4) is 5.75 Å². The molecule has 0 aromatic heterocycles. The Morgan fingerprint density at radius 3 is 2.62 bits per heavy atom. The smallest absolute Gasteiger partial charge is 0.325 e. The Morgan fingerprint density at radius 1 is 1.15 bits per heavy atom. The summed E-state index contributed by atoms with van der Waals surface area (Å²) in [5.74, 6) is -0.207. The van der Waals surface area contributed by atoms with Gasteiger partial charge >= 0.3 is 6.03 Å². The van der Waals surface area contributed by atoms with Gasteiger partial charge in [-0.3, -0.25) is 14.5 Å². The number of ether oxygens (including phenoxy) is 1. The van der Waals surface area contributed by atoms with Crippen molar-refractivity contribution < 1.29 is 19.1 Å². The highest BCUT2D eigenvalue weighted by Gasteiger charge is 2.54. The predicted molar refractivity (Wildman–Crippen MR) is 92.3 cm³/mol. The van der Waals surface area contributed by atoms with E-state index in [-0.39, 0.29) is 12.5 Å². The van der Waals surface area contributed by atoms with Crippen molar-refractivity contribution >= 4 is 17.8 Å². The van der Waals surface area contributed by atoms with Crippen LogP contribution in [0.1, 0.15) is 27.9 Å². The van der Waals surface area contributed by atoms with Crippen LogP contribution in [0.4, 0.5) is 4.79 Å². The first-order valence-corrected chi connectivity index (χ1v) is 8.26. The molecule has 7 heteroatoms. The summed E-state index contributed by atoms with van der Waals surface area (Å²) >= 11 is 0. The number of hydrogen-bond acceptors (Lipinski definition) is 4. The lowest BCUT2D eigenvalue weighted by atomic mass is 9.84. The maximum atomic E-state index is 13.1. The highest BCUT2D eigenvalue weighted by Crippen LogP contribution is 2.41. The van der Waals surface area contributed by atoms with Crippen molar-refractivity contribution in [2.24, 2.45) is 5.73 Å². The number of rotatable bonds is 3. The van der Waals surface area contributed by atoms with E-state index < -0.39 is 17.5 Å². The summed E-state index contributed by atoms with van der Waals surface area (Å²) in [5.41, 5.74) is 5.93. The van der Waals surface area contributed by atoms with Crippen LogP contribution in [-0.4, -0.2) is 29.4 Å². The Bertz CT molecular complexity index is 909. The number of nitrogens with one attached hydrogen (secondary N) is 1. The first-order chi connectivity index (χ1) is 12.5. The lowest BCUT2D eigenvalue weighted by molar-refractivity contribution is -0.133. The summed E-state index contributed by atoms with van der Waals surface area (Å²) in [6, 6.07) is 13.3. The van der Waals surface area contributed by atoms with Crippen molar-refractivity contribution in [2.45, 2.75) is 18.5 Å². The molecule has 0 radical (unpaired) electrons. The van der Waals surface area contributed by atoms with E-state index in [2.05, 4.69) is 5.32 Å². The van der Waals surface area contributed by atoms with Gasteiger partial charge in [0.25, 0.3) is 5.91 Å². The molecule has 0 saturated carbocycles. The van der Waals surface area contributed by atoms with Crippen LogP contribution >= 0.6 is 0 Å². The lowest BCUT2D eigenvalue weighted by Gasteiger charge is -2.33. The number of imide groups is 1. The normalized spacial score (nSPS) is 21.3. The Balaban J connectivity index is 1.63. The van der Waals surface area contributed by atoms with Crippen molar-refractivity contribution in [3.05, 3.63) is 65.2 Å². The molecule has 1 fully saturated rings.